The summed E-state index contributed by atoms with van der Waals surface area (Å²) in [6, 6.07) is 12.9. The molecule has 2 amide bonds. The number of halogens is 1. The summed E-state index contributed by atoms with van der Waals surface area (Å²) < 4.78 is 5.87. The van der Waals surface area contributed by atoms with E-state index in [1.54, 1.807) is 25.1 Å². The van der Waals surface area contributed by atoms with Crippen LogP contribution in [0, 0.1) is 6.92 Å². The fourth-order valence-electron chi connectivity index (χ4n) is 2.37. The lowest BCUT2D eigenvalue weighted by molar-refractivity contribution is 0.181. The van der Waals surface area contributed by atoms with Gasteiger partial charge in [0.1, 0.15) is 5.75 Å². The number of urea groups is 1. The first-order valence-corrected chi connectivity index (χ1v) is 8.34. The van der Waals surface area contributed by atoms with Crippen LogP contribution in [0.2, 0.25) is 5.02 Å². The molecule has 0 fully saturated rings. The van der Waals surface area contributed by atoms with E-state index in [1.807, 2.05) is 31.2 Å². The zero-order valence-electron chi connectivity index (χ0n) is 14.4. The highest BCUT2D eigenvalue weighted by atomic mass is 35.5. The van der Waals surface area contributed by atoms with Gasteiger partial charge in [0.15, 0.2) is 6.23 Å². The maximum atomic E-state index is 12.2. The Morgan fingerprint density at radius 2 is 1.79 bits per heavy atom. The van der Waals surface area contributed by atoms with E-state index in [-0.39, 0.29) is 6.03 Å². The second kappa shape index (κ2) is 8.06. The molecule has 2 aromatic carbocycles. The van der Waals surface area contributed by atoms with E-state index in [2.05, 4.69) is 24.5 Å². The second-order valence-electron chi connectivity index (χ2n) is 5.96. The van der Waals surface area contributed by atoms with Gasteiger partial charge in [0.05, 0.1) is 0 Å². The topological polar surface area (TPSA) is 50.4 Å². The summed E-state index contributed by atoms with van der Waals surface area (Å²) in [5, 5.41) is 6.18. The number of benzene rings is 2. The number of carbonyl (C=O) groups excluding carboxylic acids is 1. The maximum Gasteiger partial charge on any atom is 0.322 e. The highest BCUT2D eigenvalue weighted by Gasteiger charge is 2.13. The molecule has 4 nitrogen and oxygen atoms in total. The molecule has 1 atom stereocenters. The molecule has 0 radical (unpaired) electrons. The lowest BCUT2D eigenvalue weighted by Gasteiger charge is -2.20. The minimum absolute atomic E-state index is 0.338. The molecule has 0 heterocycles. The van der Waals surface area contributed by atoms with Crippen molar-refractivity contribution in [2.75, 3.05) is 5.32 Å². The van der Waals surface area contributed by atoms with Gasteiger partial charge in [-0.25, -0.2) is 4.79 Å². The fourth-order valence-corrected chi connectivity index (χ4v) is 2.55. The number of nitrogens with one attached hydrogen (secondary N) is 2. The fraction of sp³-hybridized carbons (Fsp3) is 0.316. The molecular formula is C19H23ClN2O2. The number of amides is 2. The van der Waals surface area contributed by atoms with Crippen molar-refractivity contribution in [1.82, 2.24) is 5.32 Å². The van der Waals surface area contributed by atoms with Crippen molar-refractivity contribution >= 4 is 23.3 Å². The Morgan fingerprint density at radius 1 is 1.08 bits per heavy atom. The van der Waals surface area contributed by atoms with Crippen molar-refractivity contribution in [2.24, 2.45) is 0 Å². The number of carbonyl (C=O) groups is 1. The Hall–Kier alpha value is -2.20. The Labute approximate surface area is 148 Å². The Morgan fingerprint density at radius 3 is 2.50 bits per heavy atom. The first-order chi connectivity index (χ1) is 11.4. The van der Waals surface area contributed by atoms with Gasteiger partial charge in [-0.2, -0.15) is 0 Å². The van der Waals surface area contributed by atoms with E-state index >= 15 is 0 Å². The molecule has 2 rings (SSSR count). The van der Waals surface area contributed by atoms with Gasteiger partial charge in [-0.3, -0.25) is 0 Å². The summed E-state index contributed by atoms with van der Waals surface area (Å²) in [5.74, 6) is 1.12. The van der Waals surface area contributed by atoms with E-state index in [4.69, 9.17) is 16.3 Å². The largest absolute Gasteiger partial charge is 0.471 e. The van der Waals surface area contributed by atoms with Gasteiger partial charge in [-0.1, -0.05) is 49.7 Å². The van der Waals surface area contributed by atoms with Crippen molar-refractivity contribution < 1.29 is 9.53 Å². The SMILES string of the molecule is Cc1c(Cl)cccc1NC(=O)NC(C)Oc1ccccc1C(C)C. The first-order valence-electron chi connectivity index (χ1n) is 7.96. The van der Waals surface area contributed by atoms with E-state index in [9.17, 15) is 4.79 Å². The van der Waals surface area contributed by atoms with Gasteiger partial charge >= 0.3 is 6.03 Å². The van der Waals surface area contributed by atoms with Crippen LogP contribution in [0.25, 0.3) is 0 Å². The molecule has 2 aromatic rings. The number of anilines is 1. The van der Waals surface area contributed by atoms with Gasteiger partial charge in [0, 0.05) is 10.7 Å². The lowest BCUT2D eigenvalue weighted by Crippen LogP contribution is -2.39. The molecule has 0 bridgehead atoms. The number of ether oxygens (including phenoxy) is 1. The predicted octanol–water partition coefficient (Wildman–Crippen LogP) is 5.32. The van der Waals surface area contributed by atoms with Gasteiger partial charge in [0.2, 0.25) is 0 Å². The summed E-state index contributed by atoms with van der Waals surface area (Å²) in [6.45, 7) is 7.86. The van der Waals surface area contributed by atoms with Gasteiger partial charge in [0.25, 0.3) is 0 Å². The van der Waals surface area contributed by atoms with E-state index in [1.165, 1.54) is 0 Å². The molecule has 0 aromatic heterocycles. The van der Waals surface area contributed by atoms with Gasteiger partial charge in [-0.05, 0) is 49.1 Å². The van der Waals surface area contributed by atoms with Crippen molar-refractivity contribution in [3.8, 4) is 5.75 Å². The number of rotatable bonds is 5. The lowest BCUT2D eigenvalue weighted by atomic mass is 10.0. The first kappa shape index (κ1) is 18.1. The standard InChI is InChI=1S/C19H23ClN2O2/c1-12(2)15-8-5-6-11-18(15)24-14(4)21-19(23)22-17-10-7-9-16(20)13(17)3/h5-12,14H,1-4H3,(H2,21,22,23). The summed E-state index contributed by atoms with van der Waals surface area (Å²) in [7, 11) is 0. The third kappa shape index (κ3) is 4.65. The van der Waals surface area contributed by atoms with Crippen LogP contribution < -0.4 is 15.4 Å². The highest BCUT2D eigenvalue weighted by molar-refractivity contribution is 6.31. The summed E-state index contributed by atoms with van der Waals surface area (Å²) in [4.78, 5) is 12.2. The highest BCUT2D eigenvalue weighted by Crippen LogP contribution is 2.26. The maximum absolute atomic E-state index is 12.2. The monoisotopic (exact) mass is 346 g/mol. The van der Waals surface area contributed by atoms with E-state index < -0.39 is 6.23 Å². The summed E-state index contributed by atoms with van der Waals surface area (Å²) >= 11 is 6.06. The van der Waals surface area contributed by atoms with Crippen LogP contribution >= 0.6 is 11.6 Å². The summed E-state index contributed by atoms with van der Waals surface area (Å²) in [5.41, 5.74) is 2.61. The molecule has 0 aliphatic carbocycles. The molecule has 128 valence electrons. The van der Waals surface area contributed by atoms with Crippen LogP contribution in [0.4, 0.5) is 10.5 Å². The van der Waals surface area contributed by atoms with Crippen LogP contribution in [0.1, 0.15) is 37.8 Å². The van der Waals surface area contributed by atoms with Crippen LogP contribution in [-0.4, -0.2) is 12.3 Å². The third-order valence-corrected chi connectivity index (χ3v) is 4.10. The average molecular weight is 347 g/mol. The molecule has 2 N–H and O–H groups in total. The van der Waals surface area contributed by atoms with E-state index in [0.29, 0.717) is 16.6 Å². The van der Waals surface area contributed by atoms with E-state index in [0.717, 1.165) is 16.9 Å². The summed E-state index contributed by atoms with van der Waals surface area (Å²) in [6.07, 6.45) is -0.468. The smallest absolute Gasteiger partial charge is 0.322 e. The molecule has 5 heteroatoms. The predicted molar refractivity (Wildman–Crippen MR) is 99.0 cm³/mol. The van der Waals surface area contributed by atoms with Crippen molar-refractivity contribution in [2.45, 2.75) is 39.8 Å². The molecule has 0 aliphatic heterocycles. The molecular weight excluding hydrogens is 324 g/mol. The zero-order valence-corrected chi connectivity index (χ0v) is 15.1. The minimum Gasteiger partial charge on any atom is -0.471 e. The molecule has 0 aliphatic rings. The number of hydrogen-bond donors (Lipinski definition) is 2. The van der Waals surface area contributed by atoms with Crippen LogP contribution in [-0.2, 0) is 0 Å². The Kier molecular flexibility index (Phi) is 6.10. The molecule has 0 saturated heterocycles. The molecule has 0 saturated carbocycles. The molecule has 24 heavy (non-hydrogen) atoms. The van der Waals surface area contributed by atoms with Crippen molar-refractivity contribution in [3.63, 3.8) is 0 Å². The zero-order chi connectivity index (χ0) is 17.7. The van der Waals surface area contributed by atoms with Gasteiger partial charge < -0.3 is 15.4 Å². The molecule has 1 unspecified atom stereocenters. The van der Waals surface area contributed by atoms with Crippen molar-refractivity contribution in [3.05, 3.63) is 58.6 Å². The number of para-hydroxylation sites is 1. The Balaban J connectivity index is 1.98. The normalized spacial score (nSPS) is 11.9. The number of hydrogen-bond acceptors (Lipinski definition) is 2. The Bertz CT molecular complexity index is 716. The minimum atomic E-state index is -0.468. The molecule has 0 spiro atoms. The van der Waals surface area contributed by atoms with Crippen LogP contribution in [0.5, 0.6) is 5.75 Å². The van der Waals surface area contributed by atoms with Crippen molar-refractivity contribution in [1.29, 1.82) is 0 Å². The average Bonchev–Trinajstić information content (AvgIpc) is 2.52. The van der Waals surface area contributed by atoms with Crippen LogP contribution in [0.3, 0.4) is 0 Å². The van der Waals surface area contributed by atoms with Crippen LogP contribution in [0.15, 0.2) is 42.5 Å². The second-order valence-corrected chi connectivity index (χ2v) is 6.37. The van der Waals surface area contributed by atoms with Gasteiger partial charge in [-0.15, -0.1) is 0 Å². The quantitative estimate of drug-likeness (QED) is 0.720. The third-order valence-electron chi connectivity index (χ3n) is 3.70.